The molecule has 0 bridgehead atoms. The fourth-order valence-corrected chi connectivity index (χ4v) is 1.86. The Morgan fingerprint density at radius 2 is 2.00 bits per heavy atom. The molecule has 0 amide bonds. The van der Waals surface area contributed by atoms with Crippen LogP contribution in [0.3, 0.4) is 0 Å². The Hall–Kier alpha value is -2.00. The second-order valence-corrected chi connectivity index (χ2v) is 4.19. The number of halogens is 1. The molecule has 3 nitrogen and oxygen atoms in total. The molecule has 2 N–H and O–H groups in total. The first-order valence-corrected chi connectivity index (χ1v) is 5.52. The van der Waals surface area contributed by atoms with E-state index in [2.05, 4.69) is 4.98 Å². The van der Waals surface area contributed by atoms with Gasteiger partial charge in [0.15, 0.2) is 5.58 Å². The summed E-state index contributed by atoms with van der Waals surface area (Å²) in [6.07, 6.45) is 0. The molecule has 0 saturated carbocycles. The van der Waals surface area contributed by atoms with Gasteiger partial charge in [-0.2, -0.15) is 0 Å². The zero-order valence-electron chi connectivity index (χ0n) is 8.85. The van der Waals surface area contributed by atoms with Crippen molar-refractivity contribution in [2.75, 3.05) is 5.73 Å². The van der Waals surface area contributed by atoms with Crippen LogP contribution in [0, 0.1) is 0 Å². The van der Waals surface area contributed by atoms with Gasteiger partial charge in [0.25, 0.3) is 0 Å². The van der Waals surface area contributed by atoms with Gasteiger partial charge in [0.2, 0.25) is 5.89 Å². The van der Waals surface area contributed by atoms with Crippen molar-refractivity contribution in [3.05, 3.63) is 47.5 Å². The lowest BCUT2D eigenvalue weighted by Gasteiger charge is -1.95. The number of hydrogen-bond donors (Lipinski definition) is 1. The molecular formula is C13H9ClN2O. The van der Waals surface area contributed by atoms with Crippen molar-refractivity contribution in [2.45, 2.75) is 0 Å². The van der Waals surface area contributed by atoms with Gasteiger partial charge in [-0.15, -0.1) is 0 Å². The molecule has 2 aromatic carbocycles. The van der Waals surface area contributed by atoms with Crippen molar-refractivity contribution < 1.29 is 4.42 Å². The molecule has 3 aromatic rings. The van der Waals surface area contributed by atoms with Crippen molar-refractivity contribution in [1.29, 1.82) is 0 Å². The van der Waals surface area contributed by atoms with Gasteiger partial charge in [0.1, 0.15) is 5.52 Å². The molecule has 0 fully saturated rings. The Balaban J connectivity index is 2.18. The first-order valence-electron chi connectivity index (χ1n) is 5.14. The van der Waals surface area contributed by atoms with E-state index in [0.29, 0.717) is 22.2 Å². The molecular weight excluding hydrogens is 236 g/mol. The number of rotatable bonds is 1. The highest BCUT2D eigenvalue weighted by Crippen LogP contribution is 2.26. The molecule has 1 aromatic heterocycles. The predicted octanol–water partition coefficient (Wildman–Crippen LogP) is 3.73. The summed E-state index contributed by atoms with van der Waals surface area (Å²) >= 11 is 5.90. The molecule has 17 heavy (non-hydrogen) atoms. The Kier molecular flexibility index (Phi) is 2.27. The van der Waals surface area contributed by atoms with Crippen LogP contribution in [0.4, 0.5) is 5.69 Å². The Bertz CT molecular complexity index is 691. The summed E-state index contributed by atoms with van der Waals surface area (Å²) in [7, 11) is 0. The molecule has 0 aliphatic rings. The quantitative estimate of drug-likeness (QED) is 0.664. The molecule has 0 spiro atoms. The van der Waals surface area contributed by atoms with E-state index in [0.717, 1.165) is 11.1 Å². The third-order valence-electron chi connectivity index (χ3n) is 2.48. The molecule has 3 rings (SSSR count). The summed E-state index contributed by atoms with van der Waals surface area (Å²) in [5.74, 6) is 0.551. The smallest absolute Gasteiger partial charge is 0.227 e. The van der Waals surface area contributed by atoms with Crippen molar-refractivity contribution in [2.24, 2.45) is 0 Å². The van der Waals surface area contributed by atoms with E-state index >= 15 is 0 Å². The van der Waals surface area contributed by atoms with E-state index in [1.807, 2.05) is 24.3 Å². The number of aromatic nitrogens is 1. The number of benzene rings is 2. The second kappa shape index (κ2) is 3.79. The highest BCUT2D eigenvalue weighted by Gasteiger charge is 2.08. The van der Waals surface area contributed by atoms with Gasteiger partial charge in [0.05, 0.1) is 0 Å². The van der Waals surface area contributed by atoms with E-state index in [1.54, 1.807) is 18.2 Å². The second-order valence-electron chi connectivity index (χ2n) is 3.76. The lowest BCUT2D eigenvalue weighted by Crippen LogP contribution is -1.84. The molecule has 1 heterocycles. The number of hydrogen-bond acceptors (Lipinski definition) is 3. The van der Waals surface area contributed by atoms with Crippen LogP contribution in [0.2, 0.25) is 5.02 Å². The van der Waals surface area contributed by atoms with E-state index in [9.17, 15) is 0 Å². The zero-order valence-corrected chi connectivity index (χ0v) is 9.61. The summed E-state index contributed by atoms with van der Waals surface area (Å²) < 4.78 is 5.64. The van der Waals surface area contributed by atoms with E-state index in [-0.39, 0.29) is 0 Å². The van der Waals surface area contributed by atoms with Gasteiger partial charge >= 0.3 is 0 Å². The average Bonchev–Trinajstić information content (AvgIpc) is 2.72. The number of anilines is 1. The van der Waals surface area contributed by atoms with Gasteiger partial charge in [0, 0.05) is 16.3 Å². The molecule has 0 aliphatic heterocycles. The van der Waals surface area contributed by atoms with Gasteiger partial charge in [-0.25, -0.2) is 4.98 Å². The van der Waals surface area contributed by atoms with Crippen molar-refractivity contribution in [3.8, 4) is 11.5 Å². The molecule has 0 unspecified atom stereocenters. The normalized spacial score (nSPS) is 10.9. The van der Waals surface area contributed by atoms with E-state index in [1.165, 1.54) is 0 Å². The highest BCUT2D eigenvalue weighted by atomic mass is 35.5. The lowest BCUT2D eigenvalue weighted by molar-refractivity contribution is 0.620. The van der Waals surface area contributed by atoms with Crippen LogP contribution in [0.1, 0.15) is 0 Å². The third-order valence-corrected chi connectivity index (χ3v) is 2.72. The molecule has 4 heteroatoms. The van der Waals surface area contributed by atoms with Gasteiger partial charge in [-0.1, -0.05) is 17.7 Å². The Labute approximate surface area is 103 Å². The standard InChI is InChI=1S/C13H9ClN2O/c14-9-4-5-12-11(7-9)16-13(17-12)8-2-1-3-10(15)6-8/h1-7H,15H2. The number of oxazole rings is 1. The maximum absolute atomic E-state index is 5.90. The zero-order chi connectivity index (χ0) is 11.8. The fourth-order valence-electron chi connectivity index (χ4n) is 1.70. The highest BCUT2D eigenvalue weighted by molar-refractivity contribution is 6.31. The number of nitrogens with two attached hydrogens (primary N) is 1. The maximum Gasteiger partial charge on any atom is 0.227 e. The van der Waals surface area contributed by atoms with Crippen LogP contribution in [0.25, 0.3) is 22.6 Å². The summed E-state index contributed by atoms with van der Waals surface area (Å²) in [6, 6.07) is 12.8. The van der Waals surface area contributed by atoms with E-state index in [4.69, 9.17) is 21.8 Å². The molecule has 0 saturated heterocycles. The van der Waals surface area contributed by atoms with Crippen LogP contribution in [0.15, 0.2) is 46.9 Å². The minimum atomic E-state index is 0.551. The average molecular weight is 245 g/mol. The number of nitrogen functional groups attached to an aromatic ring is 1. The molecule has 84 valence electrons. The largest absolute Gasteiger partial charge is 0.436 e. The van der Waals surface area contributed by atoms with Gasteiger partial charge in [-0.05, 0) is 36.4 Å². The SMILES string of the molecule is Nc1cccc(-c2nc3cc(Cl)ccc3o2)c1. The minimum absolute atomic E-state index is 0.551. The third kappa shape index (κ3) is 1.85. The lowest BCUT2D eigenvalue weighted by atomic mass is 10.2. The summed E-state index contributed by atoms with van der Waals surface area (Å²) in [4.78, 5) is 4.38. The Morgan fingerprint density at radius 3 is 2.82 bits per heavy atom. The summed E-state index contributed by atoms with van der Waals surface area (Å²) in [6.45, 7) is 0. The number of nitrogens with zero attached hydrogens (tertiary/aromatic N) is 1. The van der Waals surface area contributed by atoms with Crippen LogP contribution in [-0.2, 0) is 0 Å². The summed E-state index contributed by atoms with van der Waals surface area (Å²) in [5.41, 5.74) is 8.73. The van der Waals surface area contributed by atoms with Gasteiger partial charge in [-0.3, -0.25) is 0 Å². The van der Waals surface area contributed by atoms with Gasteiger partial charge < -0.3 is 10.2 Å². The van der Waals surface area contributed by atoms with Crippen LogP contribution >= 0.6 is 11.6 Å². The van der Waals surface area contributed by atoms with Crippen molar-refractivity contribution in [3.63, 3.8) is 0 Å². The first kappa shape index (κ1) is 10.2. The molecule has 0 radical (unpaired) electrons. The molecule has 0 atom stereocenters. The topological polar surface area (TPSA) is 52.0 Å². The monoisotopic (exact) mass is 244 g/mol. The van der Waals surface area contributed by atoms with Crippen LogP contribution < -0.4 is 5.73 Å². The summed E-state index contributed by atoms with van der Waals surface area (Å²) in [5, 5.41) is 0.643. The minimum Gasteiger partial charge on any atom is -0.436 e. The first-order chi connectivity index (χ1) is 8.22. The molecule has 0 aliphatic carbocycles. The fraction of sp³-hybridized carbons (Fsp3) is 0. The maximum atomic E-state index is 5.90. The Morgan fingerprint density at radius 1 is 1.12 bits per heavy atom. The predicted molar refractivity (Wildman–Crippen MR) is 68.9 cm³/mol. The van der Waals surface area contributed by atoms with Crippen molar-refractivity contribution in [1.82, 2.24) is 4.98 Å². The van der Waals surface area contributed by atoms with Crippen molar-refractivity contribution >= 4 is 28.4 Å². The van der Waals surface area contributed by atoms with Crippen LogP contribution in [-0.4, -0.2) is 4.98 Å². The number of fused-ring (bicyclic) bond motifs is 1. The van der Waals surface area contributed by atoms with E-state index < -0.39 is 0 Å². The van der Waals surface area contributed by atoms with Crippen LogP contribution in [0.5, 0.6) is 0 Å².